The third-order valence-corrected chi connectivity index (χ3v) is 7.93. The van der Waals surface area contributed by atoms with Crippen LogP contribution in [0.1, 0.15) is 47.8 Å². The number of thiocarbonyl (C=S) groups is 1. The zero-order valence-corrected chi connectivity index (χ0v) is 23.1. The summed E-state index contributed by atoms with van der Waals surface area (Å²) in [6.45, 7) is 4.98. The van der Waals surface area contributed by atoms with E-state index in [-0.39, 0.29) is 30.4 Å². The van der Waals surface area contributed by atoms with E-state index in [0.29, 0.717) is 56.5 Å². The summed E-state index contributed by atoms with van der Waals surface area (Å²) in [7, 11) is 0. The molecule has 0 atom stereocenters. The Hall–Kier alpha value is -4.01. The molecule has 1 aromatic carbocycles. The van der Waals surface area contributed by atoms with E-state index in [1.54, 1.807) is 36.0 Å². The molecule has 2 aromatic heterocycles. The largest absolute Gasteiger partial charge is 0.467 e. The highest BCUT2D eigenvalue weighted by Crippen LogP contribution is 2.36. The van der Waals surface area contributed by atoms with Gasteiger partial charge < -0.3 is 19.2 Å². The van der Waals surface area contributed by atoms with Gasteiger partial charge >= 0.3 is 0 Å². The van der Waals surface area contributed by atoms with E-state index in [1.165, 1.54) is 16.7 Å². The molecule has 39 heavy (non-hydrogen) atoms. The first kappa shape index (κ1) is 26.6. The van der Waals surface area contributed by atoms with Gasteiger partial charge in [0.05, 0.1) is 17.7 Å². The number of amides is 1. The van der Waals surface area contributed by atoms with E-state index in [1.807, 2.05) is 25.1 Å². The quantitative estimate of drug-likeness (QED) is 0.279. The summed E-state index contributed by atoms with van der Waals surface area (Å²) in [4.78, 5) is 28.6. The summed E-state index contributed by atoms with van der Waals surface area (Å²) in [5, 5.41) is 13.3. The molecule has 9 nitrogen and oxygen atoms in total. The molecule has 11 heteroatoms. The van der Waals surface area contributed by atoms with E-state index in [2.05, 4.69) is 11.4 Å². The number of unbranched alkanes of at least 4 members (excludes halogenated alkanes) is 1. The summed E-state index contributed by atoms with van der Waals surface area (Å²) in [6.07, 6.45) is 4.89. The minimum Gasteiger partial charge on any atom is -0.467 e. The fraction of sp³-hybridized carbons (Fsp3) is 0.286. The number of hydrogen-bond donors (Lipinski definition) is 1. The number of aromatic nitrogens is 1. The Morgan fingerprint density at radius 3 is 2.79 bits per heavy atom. The van der Waals surface area contributed by atoms with E-state index in [9.17, 15) is 14.9 Å². The molecule has 1 amide bonds. The SMILES string of the molecule is CCCCn1c(NCc2ccc3c(c2)OCO3)c(/C=C2/SC(=S)N(Cc3ccco3)C2=O)c(C)c(C#N)c1=O. The lowest BCUT2D eigenvalue weighted by molar-refractivity contribution is -0.122. The maximum absolute atomic E-state index is 13.4. The van der Waals surface area contributed by atoms with Gasteiger partial charge in [0.1, 0.15) is 27.5 Å². The zero-order chi connectivity index (χ0) is 27.5. The number of fused-ring (bicyclic) bond motifs is 1. The van der Waals surface area contributed by atoms with Crippen molar-refractivity contribution < 1.29 is 18.7 Å². The maximum atomic E-state index is 13.4. The Bertz CT molecular complexity index is 1570. The van der Waals surface area contributed by atoms with Crippen LogP contribution in [0.4, 0.5) is 5.82 Å². The lowest BCUT2D eigenvalue weighted by atomic mass is 10.0. The van der Waals surface area contributed by atoms with Crippen LogP contribution in [0.5, 0.6) is 11.5 Å². The van der Waals surface area contributed by atoms with Crippen molar-refractivity contribution in [3.8, 4) is 17.6 Å². The van der Waals surface area contributed by atoms with E-state index >= 15 is 0 Å². The highest BCUT2D eigenvalue weighted by molar-refractivity contribution is 8.26. The monoisotopic (exact) mass is 562 g/mol. The van der Waals surface area contributed by atoms with Crippen molar-refractivity contribution in [2.24, 2.45) is 0 Å². The van der Waals surface area contributed by atoms with Crippen LogP contribution in [0.2, 0.25) is 0 Å². The number of ether oxygens (including phenoxy) is 2. The van der Waals surface area contributed by atoms with E-state index in [0.717, 1.165) is 18.4 Å². The van der Waals surface area contributed by atoms with Crippen LogP contribution in [0.15, 0.2) is 50.7 Å². The Morgan fingerprint density at radius 1 is 1.23 bits per heavy atom. The number of anilines is 1. The third-order valence-electron chi connectivity index (χ3n) is 6.55. The van der Waals surface area contributed by atoms with Gasteiger partial charge in [0.25, 0.3) is 11.5 Å². The first-order valence-corrected chi connectivity index (χ1v) is 13.7. The van der Waals surface area contributed by atoms with Gasteiger partial charge in [-0.15, -0.1) is 0 Å². The van der Waals surface area contributed by atoms with Crippen molar-refractivity contribution in [3.63, 3.8) is 0 Å². The van der Waals surface area contributed by atoms with Crippen molar-refractivity contribution >= 4 is 46.1 Å². The van der Waals surface area contributed by atoms with E-state index < -0.39 is 0 Å². The summed E-state index contributed by atoms with van der Waals surface area (Å²) >= 11 is 6.68. The van der Waals surface area contributed by atoms with E-state index in [4.69, 9.17) is 26.1 Å². The van der Waals surface area contributed by atoms with Crippen molar-refractivity contribution in [1.29, 1.82) is 5.26 Å². The number of rotatable bonds is 9. The Kier molecular flexibility index (Phi) is 7.77. The zero-order valence-electron chi connectivity index (χ0n) is 21.5. The lowest BCUT2D eigenvalue weighted by Crippen LogP contribution is -2.28. The van der Waals surface area contributed by atoms with Gasteiger partial charge in [0, 0.05) is 18.7 Å². The van der Waals surface area contributed by atoms with Crippen LogP contribution in [0.25, 0.3) is 6.08 Å². The molecule has 0 spiro atoms. The average Bonchev–Trinajstić information content (AvgIpc) is 3.67. The molecule has 3 aromatic rings. The molecule has 1 saturated heterocycles. The molecule has 0 unspecified atom stereocenters. The van der Waals surface area contributed by atoms with Gasteiger partial charge in [-0.1, -0.05) is 43.4 Å². The predicted molar refractivity (Wildman–Crippen MR) is 152 cm³/mol. The molecule has 5 rings (SSSR count). The molecule has 0 radical (unpaired) electrons. The molecule has 2 aliphatic heterocycles. The van der Waals surface area contributed by atoms with Gasteiger partial charge in [-0.05, 0) is 54.8 Å². The van der Waals surface area contributed by atoms with Gasteiger partial charge in [0.2, 0.25) is 6.79 Å². The smallest absolute Gasteiger partial charge is 0.270 e. The molecule has 1 fully saturated rings. The average molecular weight is 563 g/mol. The summed E-state index contributed by atoms with van der Waals surface area (Å²) in [5.41, 5.74) is 1.71. The number of carbonyl (C=O) groups is 1. The number of furan rings is 1. The number of carbonyl (C=O) groups excluding carboxylic acids is 1. The molecule has 0 bridgehead atoms. The van der Waals surface area contributed by atoms with Crippen LogP contribution in [0, 0.1) is 18.3 Å². The third kappa shape index (κ3) is 5.30. The molecular weight excluding hydrogens is 536 g/mol. The van der Waals surface area contributed by atoms with Crippen LogP contribution >= 0.6 is 24.0 Å². The van der Waals surface area contributed by atoms with Gasteiger partial charge in [-0.3, -0.25) is 19.1 Å². The summed E-state index contributed by atoms with van der Waals surface area (Å²) < 4.78 is 18.3. The second-order valence-corrected chi connectivity index (χ2v) is 10.7. The molecule has 2 aliphatic rings. The number of pyridine rings is 1. The topological polar surface area (TPSA) is 110 Å². The fourth-order valence-electron chi connectivity index (χ4n) is 4.45. The minimum absolute atomic E-state index is 0.0528. The Morgan fingerprint density at radius 2 is 2.05 bits per heavy atom. The van der Waals surface area contributed by atoms with Crippen LogP contribution in [-0.2, 0) is 24.4 Å². The van der Waals surface area contributed by atoms with Gasteiger partial charge in [0.15, 0.2) is 11.5 Å². The Balaban J connectivity index is 1.55. The second kappa shape index (κ2) is 11.4. The molecular formula is C28H26N4O5S2. The lowest BCUT2D eigenvalue weighted by Gasteiger charge is -2.20. The van der Waals surface area contributed by atoms with Crippen molar-refractivity contribution in [2.45, 2.75) is 46.3 Å². The molecule has 0 saturated carbocycles. The molecule has 200 valence electrons. The van der Waals surface area contributed by atoms with Crippen molar-refractivity contribution in [2.75, 3.05) is 12.1 Å². The van der Waals surface area contributed by atoms with Crippen LogP contribution < -0.4 is 20.3 Å². The number of benzene rings is 1. The number of nitriles is 1. The number of hydrogen-bond acceptors (Lipinski definition) is 9. The second-order valence-electron chi connectivity index (χ2n) is 9.07. The molecule has 0 aliphatic carbocycles. The number of nitrogens with one attached hydrogen (secondary N) is 1. The van der Waals surface area contributed by atoms with Crippen molar-refractivity contribution in [3.05, 3.63) is 79.9 Å². The first-order valence-electron chi connectivity index (χ1n) is 12.5. The normalized spacial score (nSPS) is 15.3. The number of nitrogens with zero attached hydrogens (tertiary/aromatic N) is 3. The fourth-order valence-corrected chi connectivity index (χ4v) is 5.68. The highest BCUT2D eigenvalue weighted by Gasteiger charge is 2.33. The van der Waals surface area contributed by atoms with Crippen LogP contribution in [0.3, 0.4) is 0 Å². The standard InChI is InChI=1S/C28H26N4O5S2/c1-3-4-9-31-25(30-14-18-7-8-22-23(11-18)37-16-36-22)20(17(2)21(13-29)26(31)33)12-24-27(34)32(28(38)39-24)15-19-6-5-10-35-19/h5-8,10-12,30H,3-4,9,14-16H2,1-2H3/b24-12+. The predicted octanol–water partition coefficient (Wildman–Crippen LogP) is 5.16. The van der Waals surface area contributed by atoms with Crippen LogP contribution in [-0.4, -0.2) is 26.5 Å². The minimum atomic E-state index is -0.362. The summed E-state index contributed by atoms with van der Waals surface area (Å²) in [6, 6.07) is 11.3. The van der Waals surface area contributed by atoms with Gasteiger partial charge in [-0.25, -0.2) is 0 Å². The highest BCUT2D eigenvalue weighted by atomic mass is 32.2. The molecule has 1 N–H and O–H groups in total. The maximum Gasteiger partial charge on any atom is 0.270 e. The Labute approximate surface area is 235 Å². The summed E-state index contributed by atoms with van der Waals surface area (Å²) in [5.74, 6) is 2.25. The number of thioether (sulfide) groups is 1. The molecule has 4 heterocycles. The van der Waals surface area contributed by atoms with Crippen molar-refractivity contribution in [1.82, 2.24) is 9.47 Å². The first-order chi connectivity index (χ1) is 18.9. The van der Waals surface area contributed by atoms with Gasteiger partial charge in [-0.2, -0.15) is 5.26 Å².